The zero-order chi connectivity index (χ0) is 19.2. The second kappa shape index (κ2) is 8.90. The number of rotatable bonds is 7. The molecule has 144 valence electrons. The predicted octanol–water partition coefficient (Wildman–Crippen LogP) is 3.25. The Morgan fingerprint density at radius 1 is 1.26 bits per heavy atom. The van der Waals surface area contributed by atoms with E-state index in [1.807, 2.05) is 28.5 Å². The second-order valence-electron chi connectivity index (χ2n) is 6.37. The molecule has 2 heterocycles. The highest BCUT2D eigenvalue weighted by Crippen LogP contribution is 2.38. The van der Waals surface area contributed by atoms with Gasteiger partial charge in [0, 0.05) is 42.1 Å². The van der Waals surface area contributed by atoms with E-state index in [1.54, 1.807) is 25.7 Å². The lowest BCUT2D eigenvalue weighted by atomic mass is 10.0. The van der Waals surface area contributed by atoms with Crippen LogP contribution in [-0.4, -0.2) is 44.0 Å². The van der Waals surface area contributed by atoms with E-state index in [2.05, 4.69) is 5.32 Å². The van der Waals surface area contributed by atoms with Crippen molar-refractivity contribution in [2.24, 2.45) is 0 Å². The fourth-order valence-electron chi connectivity index (χ4n) is 3.40. The van der Waals surface area contributed by atoms with Crippen LogP contribution in [0.2, 0.25) is 0 Å². The number of methoxy groups -OCH3 is 2. The van der Waals surface area contributed by atoms with Crippen LogP contribution in [0.4, 0.5) is 0 Å². The summed E-state index contributed by atoms with van der Waals surface area (Å²) in [6.45, 7) is 1.05. The average Bonchev–Trinajstić information content (AvgIpc) is 3.39. The van der Waals surface area contributed by atoms with Gasteiger partial charge in [-0.05, 0) is 36.4 Å². The summed E-state index contributed by atoms with van der Waals surface area (Å²) in [5.74, 6) is 1.35. The molecule has 1 aliphatic heterocycles. The molecule has 1 fully saturated rings. The van der Waals surface area contributed by atoms with Gasteiger partial charge in [0.1, 0.15) is 11.5 Å². The quantitative estimate of drug-likeness (QED) is 0.791. The SMILES string of the molecule is COc1ccc([C@H]2CCCN2C(=O)CCNC(=O)c2ccsc2)c(OC)c1. The lowest BCUT2D eigenvalue weighted by molar-refractivity contribution is -0.132. The van der Waals surface area contributed by atoms with Crippen molar-refractivity contribution in [3.8, 4) is 11.5 Å². The molecule has 2 amide bonds. The van der Waals surface area contributed by atoms with Gasteiger partial charge >= 0.3 is 0 Å². The van der Waals surface area contributed by atoms with Gasteiger partial charge in [0.05, 0.1) is 20.3 Å². The lowest BCUT2D eigenvalue weighted by Gasteiger charge is -2.26. The minimum atomic E-state index is -0.140. The predicted molar refractivity (Wildman–Crippen MR) is 105 cm³/mol. The molecule has 0 spiro atoms. The Morgan fingerprint density at radius 3 is 2.81 bits per heavy atom. The van der Waals surface area contributed by atoms with Gasteiger partial charge in [0.2, 0.25) is 5.91 Å². The molecule has 1 N–H and O–H groups in total. The van der Waals surface area contributed by atoms with Crippen LogP contribution in [0.25, 0.3) is 0 Å². The Hall–Kier alpha value is -2.54. The zero-order valence-electron chi connectivity index (χ0n) is 15.6. The number of nitrogens with zero attached hydrogens (tertiary/aromatic N) is 1. The van der Waals surface area contributed by atoms with Crippen molar-refractivity contribution in [3.63, 3.8) is 0 Å². The van der Waals surface area contributed by atoms with Crippen LogP contribution < -0.4 is 14.8 Å². The first kappa shape index (κ1) is 19.2. The minimum Gasteiger partial charge on any atom is -0.497 e. The molecule has 0 saturated carbocycles. The van der Waals surface area contributed by atoms with Gasteiger partial charge in [-0.25, -0.2) is 0 Å². The van der Waals surface area contributed by atoms with Crippen molar-refractivity contribution >= 4 is 23.2 Å². The van der Waals surface area contributed by atoms with E-state index in [1.165, 1.54) is 11.3 Å². The van der Waals surface area contributed by atoms with Gasteiger partial charge in [-0.1, -0.05) is 0 Å². The summed E-state index contributed by atoms with van der Waals surface area (Å²) in [6.07, 6.45) is 2.13. The standard InChI is InChI=1S/C20H24N2O4S/c1-25-15-5-6-16(18(12-15)26-2)17-4-3-10-22(17)19(23)7-9-21-20(24)14-8-11-27-13-14/h5-6,8,11-13,17H,3-4,7,9-10H2,1-2H3,(H,21,24)/t17-/m1/s1. The molecule has 1 saturated heterocycles. The summed E-state index contributed by atoms with van der Waals surface area (Å²) in [5.41, 5.74) is 1.63. The molecule has 0 aliphatic carbocycles. The molecule has 3 rings (SSSR count). The van der Waals surface area contributed by atoms with Crippen molar-refractivity contribution in [2.75, 3.05) is 27.3 Å². The second-order valence-corrected chi connectivity index (χ2v) is 7.15. The first-order chi connectivity index (χ1) is 13.1. The number of amides is 2. The number of nitrogens with one attached hydrogen (secondary N) is 1. The third-order valence-electron chi connectivity index (χ3n) is 4.78. The first-order valence-corrected chi connectivity index (χ1v) is 9.90. The van der Waals surface area contributed by atoms with Crippen LogP contribution in [0.15, 0.2) is 35.0 Å². The topological polar surface area (TPSA) is 67.9 Å². The van der Waals surface area contributed by atoms with Gasteiger partial charge in [0.15, 0.2) is 0 Å². The third-order valence-corrected chi connectivity index (χ3v) is 5.46. The molecular weight excluding hydrogens is 364 g/mol. The molecule has 1 aromatic heterocycles. The number of hydrogen-bond acceptors (Lipinski definition) is 5. The maximum Gasteiger partial charge on any atom is 0.252 e. The molecular formula is C20H24N2O4S. The molecule has 0 unspecified atom stereocenters. The van der Waals surface area contributed by atoms with E-state index in [9.17, 15) is 9.59 Å². The highest BCUT2D eigenvalue weighted by atomic mass is 32.1. The number of benzene rings is 1. The van der Waals surface area contributed by atoms with Crippen LogP contribution in [-0.2, 0) is 4.79 Å². The van der Waals surface area contributed by atoms with Crippen molar-refractivity contribution in [2.45, 2.75) is 25.3 Å². The molecule has 1 aliphatic rings. The van der Waals surface area contributed by atoms with Gasteiger partial charge in [-0.15, -0.1) is 0 Å². The summed E-state index contributed by atoms with van der Waals surface area (Å²) < 4.78 is 10.8. The van der Waals surface area contributed by atoms with Crippen molar-refractivity contribution in [1.82, 2.24) is 10.2 Å². The molecule has 6 nitrogen and oxygen atoms in total. The molecule has 0 bridgehead atoms. The average molecular weight is 388 g/mol. The first-order valence-electron chi connectivity index (χ1n) is 8.96. The number of likely N-dealkylation sites (tertiary alicyclic amines) is 1. The Kier molecular flexibility index (Phi) is 6.34. The highest BCUT2D eigenvalue weighted by molar-refractivity contribution is 7.08. The smallest absolute Gasteiger partial charge is 0.252 e. The highest BCUT2D eigenvalue weighted by Gasteiger charge is 2.31. The molecule has 1 aromatic carbocycles. The van der Waals surface area contributed by atoms with E-state index in [4.69, 9.17) is 9.47 Å². The van der Waals surface area contributed by atoms with Crippen LogP contribution in [0.5, 0.6) is 11.5 Å². The van der Waals surface area contributed by atoms with E-state index >= 15 is 0 Å². The van der Waals surface area contributed by atoms with Crippen LogP contribution in [0.1, 0.15) is 41.2 Å². The maximum atomic E-state index is 12.7. The summed E-state index contributed by atoms with van der Waals surface area (Å²) >= 11 is 1.48. The Bertz CT molecular complexity index is 791. The molecule has 27 heavy (non-hydrogen) atoms. The number of thiophene rings is 1. The monoisotopic (exact) mass is 388 g/mol. The summed E-state index contributed by atoms with van der Waals surface area (Å²) in [4.78, 5) is 26.6. The van der Waals surface area contributed by atoms with Crippen molar-refractivity contribution in [3.05, 3.63) is 46.2 Å². The van der Waals surface area contributed by atoms with E-state index in [-0.39, 0.29) is 24.3 Å². The number of carbonyl (C=O) groups is 2. The van der Waals surface area contributed by atoms with Crippen molar-refractivity contribution in [1.29, 1.82) is 0 Å². The van der Waals surface area contributed by atoms with Gasteiger partial charge < -0.3 is 19.7 Å². The maximum absolute atomic E-state index is 12.7. The van der Waals surface area contributed by atoms with Gasteiger partial charge in [-0.3, -0.25) is 9.59 Å². The zero-order valence-corrected chi connectivity index (χ0v) is 16.4. The van der Waals surface area contributed by atoms with Crippen LogP contribution >= 0.6 is 11.3 Å². The largest absolute Gasteiger partial charge is 0.497 e. The third kappa shape index (κ3) is 4.42. The Labute approximate surface area is 163 Å². The normalized spacial score (nSPS) is 16.2. The van der Waals surface area contributed by atoms with Gasteiger partial charge in [-0.2, -0.15) is 11.3 Å². The van der Waals surface area contributed by atoms with Crippen molar-refractivity contribution < 1.29 is 19.1 Å². The van der Waals surface area contributed by atoms with Gasteiger partial charge in [0.25, 0.3) is 5.91 Å². The number of ether oxygens (including phenoxy) is 2. The minimum absolute atomic E-state index is 0.00840. The number of carbonyl (C=O) groups excluding carboxylic acids is 2. The molecule has 7 heteroatoms. The fourth-order valence-corrected chi connectivity index (χ4v) is 4.04. The van der Waals surface area contributed by atoms with Crippen LogP contribution in [0, 0.1) is 0 Å². The summed E-state index contributed by atoms with van der Waals surface area (Å²) in [5, 5.41) is 6.46. The fraction of sp³-hybridized carbons (Fsp3) is 0.400. The van der Waals surface area contributed by atoms with E-state index < -0.39 is 0 Å². The Morgan fingerprint density at radius 2 is 2.11 bits per heavy atom. The molecule has 2 aromatic rings. The Balaban J connectivity index is 1.62. The molecule has 1 atom stereocenters. The summed E-state index contributed by atoms with van der Waals surface area (Å²) in [6, 6.07) is 7.46. The summed E-state index contributed by atoms with van der Waals surface area (Å²) in [7, 11) is 3.24. The number of hydrogen-bond donors (Lipinski definition) is 1. The van der Waals surface area contributed by atoms with Crippen LogP contribution in [0.3, 0.4) is 0 Å². The molecule has 0 radical (unpaired) electrons. The van der Waals surface area contributed by atoms with E-state index in [0.717, 1.165) is 36.4 Å². The lowest BCUT2D eigenvalue weighted by Crippen LogP contribution is -2.34. The van der Waals surface area contributed by atoms with E-state index in [0.29, 0.717) is 12.1 Å².